The summed E-state index contributed by atoms with van der Waals surface area (Å²) in [5.74, 6) is -1.00. The zero-order chi connectivity index (χ0) is 10.6. The maximum Gasteiger partial charge on any atom is 0.254 e. The highest BCUT2D eigenvalue weighted by Crippen LogP contribution is 1.95. The van der Waals surface area contributed by atoms with Crippen molar-refractivity contribution >= 4 is 17.8 Å². The monoisotopic (exact) mass is 195 g/mol. The number of primary amides is 1. The van der Waals surface area contributed by atoms with Gasteiger partial charge in [-0.05, 0) is 0 Å². The van der Waals surface area contributed by atoms with E-state index in [1.165, 1.54) is 12.4 Å². The third-order valence-electron chi connectivity index (χ3n) is 1.36. The molecule has 1 rings (SSSR count). The Morgan fingerprint density at radius 2 is 1.93 bits per heavy atom. The highest BCUT2D eigenvalue weighted by atomic mass is 16.2. The first-order valence-corrected chi connectivity index (χ1v) is 3.73. The molecule has 0 unspecified atom stereocenters. The van der Waals surface area contributed by atoms with E-state index in [1.54, 1.807) is 0 Å². The van der Waals surface area contributed by atoms with E-state index < -0.39 is 11.8 Å². The first-order valence-electron chi connectivity index (χ1n) is 3.73. The summed E-state index contributed by atoms with van der Waals surface area (Å²) in [4.78, 5) is 28.8. The lowest BCUT2D eigenvalue weighted by atomic mass is 10.3. The van der Waals surface area contributed by atoms with Crippen molar-refractivity contribution in [3.8, 4) is 0 Å². The zero-order valence-electron chi connectivity index (χ0n) is 7.23. The minimum absolute atomic E-state index is 0.0800. The van der Waals surface area contributed by atoms with Gasteiger partial charge >= 0.3 is 0 Å². The Labute approximate surface area is 79.5 Å². The van der Waals surface area contributed by atoms with Gasteiger partial charge in [0, 0.05) is 12.4 Å². The molecule has 0 spiro atoms. The molecule has 1 aromatic heterocycles. The first-order chi connectivity index (χ1) is 6.59. The van der Waals surface area contributed by atoms with E-state index in [9.17, 15) is 9.59 Å². The molecule has 74 valence electrons. The van der Waals surface area contributed by atoms with Gasteiger partial charge in [-0.15, -0.1) is 0 Å². The Kier molecular flexibility index (Phi) is 2.95. The third-order valence-corrected chi connectivity index (χ3v) is 1.36. The zero-order valence-corrected chi connectivity index (χ0v) is 7.23. The number of hydrogen-bond acceptors (Lipinski definition) is 5. The summed E-state index contributed by atoms with van der Waals surface area (Å²) in [7, 11) is 0. The normalized spacial score (nSPS) is 9.43. The molecular weight excluding hydrogens is 186 g/mol. The van der Waals surface area contributed by atoms with E-state index in [4.69, 9.17) is 11.5 Å². The molecule has 0 saturated heterocycles. The van der Waals surface area contributed by atoms with E-state index in [2.05, 4.69) is 15.3 Å². The van der Waals surface area contributed by atoms with Crippen molar-refractivity contribution in [2.24, 2.45) is 5.73 Å². The van der Waals surface area contributed by atoms with E-state index >= 15 is 0 Å². The molecule has 1 aromatic rings. The van der Waals surface area contributed by atoms with Crippen molar-refractivity contribution in [2.45, 2.75) is 0 Å². The van der Waals surface area contributed by atoms with Gasteiger partial charge in [-0.3, -0.25) is 9.59 Å². The number of nitrogens with one attached hydrogen (secondary N) is 1. The van der Waals surface area contributed by atoms with Crippen LogP contribution in [0.25, 0.3) is 0 Å². The average molecular weight is 195 g/mol. The van der Waals surface area contributed by atoms with Gasteiger partial charge in [0.05, 0.1) is 12.1 Å². The standard InChI is InChI=1S/C7H9N5O2/c8-5(13)3-10-6(14)4-1-11-7(9)12-2-4/h1-2H,3H2,(H2,8,13)(H,10,14)(H2,9,11,12). The summed E-state index contributed by atoms with van der Waals surface area (Å²) in [5.41, 5.74) is 10.3. The molecule has 14 heavy (non-hydrogen) atoms. The molecular formula is C7H9N5O2. The van der Waals surface area contributed by atoms with Crippen LogP contribution in [0.3, 0.4) is 0 Å². The van der Waals surface area contributed by atoms with E-state index in [1.807, 2.05) is 0 Å². The molecule has 0 aliphatic rings. The van der Waals surface area contributed by atoms with Gasteiger partial charge in [0.2, 0.25) is 11.9 Å². The number of amides is 2. The molecule has 1 heterocycles. The van der Waals surface area contributed by atoms with Crippen molar-refractivity contribution in [3.63, 3.8) is 0 Å². The second kappa shape index (κ2) is 4.17. The van der Waals surface area contributed by atoms with Crippen LogP contribution >= 0.6 is 0 Å². The second-order valence-electron chi connectivity index (χ2n) is 2.48. The van der Waals surface area contributed by atoms with Crippen LogP contribution in [0, 0.1) is 0 Å². The van der Waals surface area contributed by atoms with Gasteiger partial charge in [-0.25, -0.2) is 9.97 Å². The topological polar surface area (TPSA) is 124 Å². The molecule has 7 heteroatoms. The van der Waals surface area contributed by atoms with Gasteiger partial charge < -0.3 is 16.8 Å². The molecule has 0 radical (unpaired) electrons. The third kappa shape index (κ3) is 2.70. The molecule has 0 atom stereocenters. The van der Waals surface area contributed by atoms with Crippen LogP contribution in [-0.2, 0) is 4.79 Å². The van der Waals surface area contributed by atoms with Gasteiger partial charge in [0.1, 0.15) is 0 Å². The maximum absolute atomic E-state index is 11.2. The van der Waals surface area contributed by atoms with Crippen molar-refractivity contribution in [1.82, 2.24) is 15.3 Å². The number of rotatable bonds is 3. The fourth-order valence-electron chi connectivity index (χ4n) is 0.725. The van der Waals surface area contributed by atoms with E-state index in [-0.39, 0.29) is 18.1 Å². The lowest BCUT2D eigenvalue weighted by Gasteiger charge is -2.01. The van der Waals surface area contributed by atoms with Crippen molar-refractivity contribution in [1.29, 1.82) is 0 Å². The lowest BCUT2D eigenvalue weighted by molar-refractivity contribution is -0.117. The highest BCUT2D eigenvalue weighted by molar-refractivity contribution is 5.95. The van der Waals surface area contributed by atoms with Crippen LogP contribution in [0.5, 0.6) is 0 Å². The van der Waals surface area contributed by atoms with Gasteiger partial charge in [0.25, 0.3) is 5.91 Å². The minimum Gasteiger partial charge on any atom is -0.368 e. The Bertz CT molecular complexity index is 348. The Hall–Kier alpha value is -2.18. The number of nitrogens with zero attached hydrogens (tertiary/aromatic N) is 2. The van der Waals surface area contributed by atoms with Gasteiger partial charge in [-0.2, -0.15) is 0 Å². The number of nitrogens with two attached hydrogens (primary N) is 2. The number of hydrogen-bond donors (Lipinski definition) is 3. The largest absolute Gasteiger partial charge is 0.368 e. The summed E-state index contributed by atoms with van der Waals surface area (Å²) < 4.78 is 0. The average Bonchev–Trinajstić information content (AvgIpc) is 2.15. The molecule has 2 amide bonds. The molecule has 7 nitrogen and oxygen atoms in total. The minimum atomic E-state index is -0.616. The molecule has 0 aliphatic heterocycles. The van der Waals surface area contributed by atoms with Crippen LogP contribution in [0.1, 0.15) is 10.4 Å². The SMILES string of the molecule is NC(=O)CNC(=O)c1cnc(N)nc1. The van der Waals surface area contributed by atoms with Crippen LogP contribution in [0.4, 0.5) is 5.95 Å². The molecule has 0 fully saturated rings. The van der Waals surface area contributed by atoms with Crippen molar-refractivity contribution < 1.29 is 9.59 Å². The molecule has 0 saturated carbocycles. The quantitative estimate of drug-likeness (QED) is 0.528. The summed E-state index contributed by atoms with van der Waals surface area (Å²) in [6, 6.07) is 0. The van der Waals surface area contributed by atoms with E-state index in [0.717, 1.165) is 0 Å². The highest BCUT2D eigenvalue weighted by Gasteiger charge is 2.06. The number of aromatic nitrogens is 2. The fourth-order valence-corrected chi connectivity index (χ4v) is 0.725. The number of carbonyl (C=O) groups excluding carboxylic acids is 2. The number of nitrogen functional groups attached to an aromatic ring is 1. The molecule has 0 bridgehead atoms. The van der Waals surface area contributed by atoms with Crippen molar-refractivity contribution in [2.75, 3.05) is 12.3 Å². The van der Waals surface area contributed by atoms with Crippen LogP contribution in [0.2, 0.25) is 0 Å². The van der Waals surface area contributed by atoms with Gasteiger partial charge in [0.15, 0.2) is 0 Å². The van der Waals surface area contributed by atoms with Crippen LogP contribution in [0.15, 0.2) is 12.4 Å². The number of anilines is 1. The fraction of sp³-hybridized carbons (Fsp3) is 0.143. The van der Waals surface area contributed by atoms with Gasteiger partial charge in [-0.1, -0.05) is 0 Å². The van der Waals surface area contributed by atoms with E-state index in [0.29, 0.717) is 0 Å². The Balaban J connectivity index is 2.61. The Morgan fingerprint density at radius 1 is 1.36 bits per heavy atom. The van der Waals surface area contributed by atoms with Crippen LogP contribution in [-0.4, -0.2) is 28.3 Å². The molecule has 0 aromatic carbocycles. The number of carbonyl (C=O) groups is 2. The summed E-state index contributed by atoms with van der Waals surface area (Å²) in [6.45, 7) is -0.219. The second-order valence-corrected chi connectivity index (χ2v) is 2.48. The molecule has 0 aliphatic carbocycles. The first kappa shape index (κ1) is 9.90. The lowest BCUT2D eigenvalue weighted by Crippen LogP contribution is -2.33. The predicted octanol–water partition coefficient (Wildman–Crippen LogP) is -1.73. The van der Waals surface area contributed by atoms with Crippen LogP contribution < -0.4 is 16.8 Å². The van der Waals surface area contributed by atoms with Crippen molar-refractivity contribution in [3.05, 3.63) is 18.0 Å². The molecule has 5 N–H and O–H groups in total. The maximum atomic E-state index is 11.2. The Morgan fingerprint density at radius 3 is 2.43 bits per heavy atom. The smallest absolute Gasteiger partial charge is 0.254 e. The summed E-state index contributed by atoms with van der Waals surface area (Å²) in [6.07, 6.45) is 2.53. The summed E-state index contributed by atoms with van der Waals surface area (Å²) >= 11 is 0. The summed E-state index contributed by atoms with van der Waals surface area (Å²) in [5, 5.41) is 2.28. The predicted molar refractivity (Wildman–Crippen MR) is 48.0 cm³/mol.